The molecule has 0 aliphatic carbocycles. The van der Waals surface area contributed by atoms with E-state index in [4.69, 9.17) is 10.8 Å². The summed E-state index contributed by atoms with van der Waals surface area (Å²) in [6, 6.07) is -0.972. The summed E-state index contributed by atoms with van der Waals surface area (Å²) in [5.41, 5.74) is 7.02. The topological polar surface area (TPSA) is 61.1 Å². The number of carboxylic acid groups (broad SMARTS) is 1. The molecule has 0 rings (SSSR count). The first-order chi connectivity index (χ1) is 4.33. The third kappa shape index (κ3) is 8.78. The fraction of sp³-hybridized carbons (Fsp3) is 0.857. The molecule has 0 amide bonds. The van der Waals surface area contributed by atoms with Gasteiger partial charge in [-0.05, 0) is 11.5 Å². The molecule has 63 valence electrons. The van der Waals surface area contributed by atoms with Crippen molar-refractivity contribution in [1.82, 2.24) is 0 Å². The van der Waals surface area contributed by atoms with Gasteiger partial charge in [0.25, 0.3) is 5.97 Å². The summed E-state index contributed by atoms with van der Waals surface area (Å²) >= 11 is 0. The third-order valence-electron chi connectivity index (χ3n) is 1.11. The maximum atomic E-state index is 10.2. The van der Waals surface area contributed by atoms with E-state index >= 15 is 0 Å². The zero-order chi connectivity index (χ0) is 8.36. The molecule has 0 bridgehead atoms. The van der Waals surface area contributed by atoms with Gasteiger partial charge in [-0.15, -0.1) is 0 Å². The molecule has 1 radical (unpaired) electrons. The van der Waals surface area contributed by atoms with Crippen LogP contribution in [0.1, 0.15) is 27.2 Å². The minimum atomic E-state index is -1.03. The van der Waals surface area contributed by atoms with Crippen LogP contribution in [0.3, 0.4) is 0 Å². The van der Waals surface area contributed by atoms with Crippen molar-refractivity contribution < 1.29 is 54.0 Å². The number of rotatable bonds is 2. The second-order valence-electron chi connectivity index (χ2n) is 3.66. The van der Waals surface area contributed by atoms with E-state index in [-0.39, 0.29) is 49.5 Å². The summed E-state index contributed by atoms with van der Waals surface area (Å²) < 4.78 is 0. The maximum absolute atomic E-state index is 10.2. The summed E-state index contributed by atoms with van der Waals surface area (Å²) in [4.78, 5) is 10.2. The first-order valence-electron chi connectivity index (χ1n) is 3.27. The van der Waals surface area contributed by atoms with E-state index in [1.165, 1.54) is 0 Å². The predicted molar refractivity (Wildman–Crippen MR) is 39.8 cm³/mol. The second kappa shape index (κ2) is 5.51. The molecule has 3 nitrogen and oxygen atoms in total. The van der Waals surface area contributed by atoms with Crippen molar-refractivity contribution in [1.29, 1.82) is 0 Å². The van der Waals surface area contributed by atoms with Gasteiger partial charge < -0.3 is 10.8 Å². The van der Waals surface area contributed by atoms with Gasteiger partial charge >= 0.3 is 0 Å². The molecular weight excluding hydrogens is 357 g/mol. The van der Waals surface area contributed by atoms with Crippen LogP contribution in [0, 0.1) is 49.5 Å². The molecule has 11 heavy (non-hydrogen) atoms. The molecule has 1 atom stereocenters. The zero-order valence-electron chi connectivity index (χ0n) is 7.22. The minimum absolute atomic E-state index is 0. The summed E-state index contributed by atoms with van der Waals surface area (Å²) in [6.07, 6.45) is 0.405. The summed E-state index contributed by atoms with van der Waals surface area (Å²) in [6.45, 7) is 5.78. The quantitative estimate of drug-likeness (QED) is 0.807. The van der Waals surface area contributed by atoms with Crippen LogP contribution >= 0.6 is 0 Å². The van der Waals surface area contributed by atoms with Gasteiger partial charge in [0, 0.05) is 44.1 Å². The van der Waals surface area contributed by atoms with E-state index < -0.39 is 12.0 Å². The summed E-state index contributed by atoms with van der Waals surface area (Å²) in [5, 5.41) is 8.36. The fourth-order valence-electron chi connectivity index (χ4n) is 0.700. The van der Waals surface area contributed by atoms with E-state index in [9.17, 15) is 4.79 Å². The summed E-state index contributed by atoms with van der Waals surface area (Å²) in [7, 11) is 0. The molecule has 0 aromatic carbocycles. The van der Waals surface area contributed by atoms with Crippen LogP contribution in [0.5, 0.6) is 0 Å². The number of hydrogen-bond donors (Lipinski definition) is 1. The molecule has 0 saturated carbocycles. The van der Waals surface area contributed by atoms with Crippen LogP contribution < -0.4 is 0 Å². The average molecular weight is 371 g/mol. The van der Waals surface area contributed by atoms with Gasteiger partial charge in [0.05, 0.1) is 0 Å². The smallest absolute Gasteiger partial charge is 0.285 e. The Bertz CT molecular complexity index is 131. The first kappa shape index (κ1) is 14.4. The Balaban J connectivity index is 0. The van der Waals surface area contributed by atoms with E-state index in [2.05, 4.69) is 0 Å². The van der Waals surface area contributed by atoms with Crippen molar-refractivity contribution >= 4 is 5.97 Å². The van der Waals surface area contributed by atoms with Crippen LogP contribution in [0.15, 0.2) is 0 Å². The number of carboxylic acids is 1. The molecule has 0 saturated heterocycles. The van der Waals surface area contributed by atoms with E-state index in [0.29, 0.717) is 6.42 Å². The van der Waals surface area contributed by atoms with Gasteiger partial charge in [0.1, 0.15) is 0 Å². The molecule has 0 heterocycles. The molecule has 2 N–H and O–H groups in total. The zero-order valence-corrected chi connectivity index (χ0v) is 12.0. The molecule has 4 heteroatoms. The molecule has 0 fully saturated rings. The van der Waals surface area contributed by atoms with E-state index in [1.54, 1.807) is 0 Å². The summed E-state index contributed by atoms with van der Waals surface area (Å²) in [5.74, 6) is -1.03. The van der Waals surface area contributed by atoms with Crippen LogP contribution in [-0.2, 0) is 4.79 Å². The Morgan fingerprint density at radius 1 is 1.55 bits per heavy atom. The fourth-order valence-corrected chi connectivity index (χ4v) is 0.700. The van der Waals surface area contributed by atoms with Crippen LogP contribution in [-0.4, -0.2) is 17.1 Å². The average Bonchev–Trinajstić information content (AvgIpc) is 1.60. The van der Waals surface area contributed by atoms with Crippen molar-refractivity contribution in [2.45, 2.75) is 33.2 Å². The predicted octanol–water partition coefficient (Wildman–Crippen LogP) is 1.93. The molecule has 0 aromatic rings. The Hall–Kier alpha value is 0.872. The minimum Gasteiger partial charge on any atom is -0.665 e. The van der Waals surface area contributed by atoms with Gasteiger partial charge in [-0.25, -0.2) is 0 Å². The van der Waals surface area contributed by atoms with Gasteiger partial charge in [-0.1, -0.05) is 27.2 Å². The molecular formula is C7H14AcNO2-. The second-order valence-corrected chi connectivity index (χ2v) is 3.66. The van der Waals surface area contributed by atoms with Crippen molar-refractivity contribution in [3.63, 3.8) is 0 Å². The molecule has 1 unspecified atom stereocenters. The monoisotopic (exact) mass is 371 g/mol. The van der Waals surface area contributed by atoms with Crippen molar-refractivity contribution in [2.24, 2.45) is 5.41 Å². The number of hydrogen-bond acceptors (Lipinski definition) is 1. The normalized spacial score (nSPS) is 13.5. The number of carbonyl (C=O) groups is 1. The van der Waals surface area contributed by atoms with Crippen molar-refractivity contribution in [2.75, 3.05) is 0 Å². The van der Waals surface area contributed by atoms with E-state index in [1.807, 2.05) is 20.8 Å². The molecule has 0 aliphatic heterocycles. The first-order valence-corrected chi connectivity index (χ1v) is 3.27. The largest absolute Gasteiger partial charge is 0.665 e. The Kier molecular flexibility index (Phi) is 7.21. The van der Waals surface area contributed by atoms with Gasteiger partial charge in [-0.2, -0.15) is 0 Å². The van der Waals surface area contributed by atoms with Gasteiger partial charge in [-0.3, -0.25) is 4.79 Å². The standard InChI is InChI=1S/C7H14NO2.Ac/c1-7(2,3)4-5(8)6(9)10;/h5,8H,4H2,1-3H3,(H,9,10);/q-1;. The Morgan fingerprint density at radius 2 is 1.91 bits per heavy atom. The number of aliphatic carboxylic acids is 1. The maximum Gasteiger partial charge on any atom is 0.285 e. The van der Waals surface area contributed by atoms with Crippen molar-refractivity contribution in [3.05, 3.63) is 5.73 Å². The molecule has 0 aliphatic rings. The van der Waals surface area contributed by atoms with E-state index in [0.717, 1.165) is 0 Å². The molecule has 0 aromatic heterocycles. The Morgan fingerprint density at radius 3 is 2.00 bits per heavy atom. The third-order valence-corrected chi connectivity index (χ3v) is 1.11. The van der Waals surface area contributed by atoms with Crippen LogP contribution in [0.2, 0.25) is 0 Å². The molecule has 0 spiro atoms. The SMILES string of the molecule is CC(C)(C)CC([NH-])C(=O)O.[Ac]. The van der Waals surface area contributed by atoms with Gasteiger partial charge in [0.2, 0.25) is 0 Å². The van der Waals surface area contributed by atoms with Crippen LogP contribution in [0.4, 0.5) is 0 Å². The van der Waals surface area contributed by atoms with Crippen LogP contribution in [0.25, 0.3) is 5.73 Å². The number of nitrogens with one attached hydrogen (secondary N) is 1. The Labute approximate surface area is 103 Å². The van der Waals surface area contributed by atoms with Gasteiger partial charge in [0.15, 0.2) is 0 Å². The van der Waals surface area contributed by atoms with Crippen molar-refractivity contribution in [3.8, 4) is 0 Å².